The molecule has 0 atom stereocenters. The standard InChI is InChI=1S/C14H27N5/c1-4-8-19-13(15-12-17-19)10-18-9-7-16-14(5-2,6-3)11-18/h12,16H,4-11H2,1-3H3. The van der Waals surface area contributed by atoms with Gasteiger partial charge in [-0.3, -0.25) is 4.90 Å². The number of nitrogens with one attached hydrogen (secondary N) is 1. The number of rotatable bonds is 6. The third-order valence-corrected chi connectivity index (χ3v) is 4.30. The van der Waals surface area contributed by atoms with Crippen LogP contribution < -0.4 is 5.32 Å². The van der Waals surface area contributed by atoms with Crippen molar-refractivity contribution in [1.82, 2.24) is 25.0 Å². The van der Waals surface area contributed by atoms with Crippen LogP contribution in [0.2, 0.25) is 0 Å². The Balaban J connectivity index is 2.00. The van der Waals surface area contributed by atoms with Gasteiger partial charge in [0.1, 0.15) is 12.2 Å². The molecular weight excluding hydrogens is 238 g/mol. The lowest BCUT2D eigenvalue weighted by molar-refractivity contribution is 0.114. The van der Waals surface area contributed by atoms with Crippen LogP contribution >= 0.6 is 0 Å². The van der Waals surface area contributed by atoms with E-state index in [-0.39, 0.29) is 5.54 Å². The molecule has 1 aliphatic heterocycles. The molecule has 1 aliphatic rings. The molecule has 1 N–H and O–H groups in total. The molecule has 1 aromatic rings. The first-order chi connectivity index (χ1) is 9.23. The van der Waals surface area contributed by atoms with E-state index in [0.29, 0.717) is 0 Å². The molecule has 5 nitrogen and oxygen atoms in total. The summed E-state index contributed by atoms with van der Waals surface area (Å²) in [5, 5.41) is 8.01. The minimum absolute atomic E-state index is 0.286. The monoisotopic (exact) mass is 265 g/mol. The van der Waals surface area contributed by atoms with Crippen LogP contribution in [0.1, 0.15) is 45.9 Å². The molecule has 108 valence electrons. The molecule has 19 heavy (non-hydrogen) atoms. The van der Waals surface area contributed by atoms with E-state index in [0.717, 1.165) is 45.0 Å². The summed E-state index contributed by atoms with van der Waals surface area (Å²) >= 11 is 0. The van der Waals surface area contributed by atoms with Crippen LogP contribution in [0.25, 0.3) is 0 Å². The second-order valence-electron chi connectivity index (χ2n) is 5.52. The molecule has 2 heterocycles. The van der Waals surface area contributed by atoms with Crippen molar-refractivity contribution in [2.24, 2.45) is 0 Å². The fourth-order valence-corrected chi connectivity index (χ4v) is 2.91. The Morgan fingerprint density at radius 1 is 1.32 bits per heavy atom. The van der Waals surface area contributed by atoms with Crippen molar-refractivity contribution in [3.63, 3.8) is 0 Å². The molecule has 0 radical (unpaired) electrons. The average Bonchev–Trinajstić information content (AvgIpc) is 2.87. The molecule has 0 spiro atoms. The van der Waals surface area contributed by atoms with E-state index < -0.39 is 0 Å². The normalized spacial score (nSPS) is 19.7. The summed E-state index contributed by atoms with van der Waals surface area (Å²) in [6.07, 6.45) is 5.15. The van der Waals surface area contributed by atoms with Crippen molar-refractivity contribution in [3.8, 4) is 0 Å². The first kappa shape index (κ1) is 14.5. The number of aryl methyl sites for hydroxylation is 1. The minimum Gasteiger partial charge on any atom is -0.309 e. The Bertz CT molecular complexity index is 383. The van der Waals surface area contributed by atoms with Crippen LogP contribution in [-0.4, -0.2) is 44.8 Å². The Morgan fingerprint density at radius 3 is 2.79 bits per heavy atom. The Hall–Kier alpha value is -0.940. The van der Waals surface area contributed by atoms with Gasteiger partial charge in [0, 0.05) is 31.7 Å². The number of hydrogen-bond acceptors (Lipinski definition) is 4. The zero-order valence-corrected chi connectivity index (χ0v) is 12.5. The predicted octanol–water partition coefficient (Wildman–Crippen LogP) is 1.65. The van der Waals surface area contributed by atoms with Crippen LogP contribution in [0.5, 0.6) is 0 Å². The van der Waals surface area contributed by atoms with Crippen molar-refractivity contribution in [3.05, 3.63) is 12.2 Å². The van der Waals surface area contributed by atoms with Gasteiger partial charge in [-0.25, -0.2) is 9.67 Å². The topological polar surface area (TPSA) is 46.0 Å². The molecule has 1 saturated heterocycles. The van der Waals surface area contributed by atoms with Gasteiger partial charge in [-0.2, -0.15) is 5.10 Å². The van der Waals surface area contributed by atoms with E-state index in [4.69, 9.17) is 0 Å². The van der Waals surface area contributed by atoms with Crippen LogP contribution in [0, 0.1) is 0 Å². The van der Waals surface area contributed by atoms with E-state index in [9.17, 15) is 0 Å². The second kappa shape index (κ2) is 6.48. The highest BCUT2D eigenvalue weighted by atomic mass is 15.4. The van der Waals surface area contributed by atoms with Gasteiger partial charge in [0.05, 0.1) is 6.54 Å². The molecule has 0 aromatic carbocycles. The van der Waals surface area contributed by atoms with Crippen molar-refractivity contribution < 1.29 is 0 Å². The van der Waals surface area contributed by atoms with Crippen molar-refractivity contribution in [2.75, 3.05) is 19.6 Å². The van der Waals surface area contributed by atoms with Crippen molar-refractivity contribution in [1.29, 1.82) is 0 Å². The molecule has 5 heteroatoms. The summed E-state index contributed by atoms with van der Waals surface area (Å²) in [4.78, 5) is 6.93. The lowest BCUT2D eigenvalue weighted by atomic mass is 9.90. The number of hydrogen-bond donors (Lipinski definition) is 1. The zero-order chi connectivity index (χ0) is 13.7. The van der Waals surface area contributed by atoms with E-state index >= 15 is 0 Å². The largest absolute Gasteiger partial charge is 0.309 e. The third kappa shape index (κ3) is 3.34. The first-order valence-corrected chi connectivity index (χ1v) is 7.57. The summed E-state index contributed by atoms with van der Waals surface area (Å²) in [7, 11) is 0. The van der Waals surface area contributed by atoms with Gasteiger partial charge in [0.2, 0.25) is 0 Å². The van der Waals surface area contributed by atoms with Crippen LogP contribution in [0.4, 0.5) is 0 Å². The number of nitrogens with zero attached hydrogens (tertiary/aromatic N) is 4. The Morgan fingerprint density at radius 2 is 2.11 bits per heavy atom. The third-order valence-electron chi connectivity index (χ3n) is 4.30. The zero-order valence-electron chi connectivity index (χ0n) is 12.5. The van der Waals surface area contributed by atoms with Gasteiger partial charge in [-0.15, -0.1) is 0 Å². The van der Waals surface area contributed by atoms with E-state index in [1.165, 1.54) is 12.8 Å². The van der Waals surface area contributed by atoms with Gasteiger partial charge in [-0.05, 0) is 19.3 Å². The first-order valence-electron chi connectivity index (χ1n) is 7.57. The lowest BCUT2D eigenvalue weighted by Gasteiger charge is -2.43. The van der Waals surface area contributed by atoms with E-state index in [1.54, 1.807) is 6.33 Å². The molecule has 1 aromatic heterocycles. The van der Waals surface area contributed by atoms with Gasteiger partial charge in [0.15, 0.2) is 0 Å². The SMILES string of the molecule is CCCn1ncnc1CN1CCNC(CC)(CC)C1. The minimum atomic E-state index is 0.286. The van der Waals surface area contributed by atoms with Gasteiger partial charge in [0.25, 0.3) is 0 Å². The van der Waals surface area contributed by atoms with E-state index in [1.807, 2.05) is 4.68 Å². The van der Waals surface area contributed by atoms with Gasteiger partial charge in [-0.1, -0.05) is 20.8 Å². The highest BCUT2D eigenvalue weighted by molar-refractivity contribution is 4.95. The maximum atomic E-state index is 4.42. The summed E-state index contributed by atoms with van der Waals surface area (Å²) < 4.78 is 2.04. The molecule has 1 fully saturated rings. The van der Waals surface area contributed by atoms with Crippen LogP contribution in [0.15, 0.2) is 6.33 Å². The van der Waals surface area contributed by atoms with Crippen molar-refractivity contribution in [2.45, 2.75) is 58.7 Å². The van der Waals surface area contributed by atoms with Gasteiger partial charge < -0.3 is 5.32 Å². The van der Waals surface area contributed by atoms with Gasteiger partial charge >= 0.3 is 0 Å². The molecule has 0 saturated carbocycles. The highest BCUT2D eigenvalue weighted by Crippen LogP contribution is 2.20. The van der Waals surface area contributed by atoms with Crippen LogP contribution in [0.3, 0.4) is 0 Å². The Kier molecular flexibility index (Phi) is 4.93. The molecule has 2 rings (SSSR count). The Labute approximate surface area is 116 Å². The van der Waals surface area contributed by atoms with Crippen molar-refractivity contribution >= 4 is 0 Å². The quantitative estimate of drug-likeness (QED) is 0.849. The lowest BCUT2D eigenvalue weighted by Crippen LogP contribution is -2.59. The summed E-state index contributed by atoms with van der Waals surface area (Å²) in [6, 6.07) is 0. The second-order valence-corrected chi connectivity index (χ2v) is 5.52. The number of aromatic nitrogens is 3. The molecule has 0 aliphatic carbocycles. The molecular formula is C14H27N5. The molecule has 0 unspecified atom stereocenters. The fourth-order valence-electron chi connectivity index (χ4n) is 2.91. The summed E-state index contributed by atoms with van der Waals surface area (Å²) in [5.41, 5.74) is 0.286. The maximum Gasteiger partial charge on any atom is 0.141 e. The molecule has 0 amide bonds. The number of piperazine rings is 1. The maximum absolute atomic E-state index is 4.42. The average molecular weight is 265 g/mol. The predicted molar refractivity (Wildman–Crippen MR) is 76.9 cm³/mol. The summed E-state index contributed by atoms with van der Waals surface area (Å²) in [6.45, 7) is 11.9. The summed E-state index contributed by atoms with van der Waals surface area (Å²) in [5.74, 6) is 1.10. The fraction of sp³-hybridized carbons (Fsp3) is 0.857. The molecule has 0 bridgehead atoms. The van der Waals surface area contributed by atoms with E-state index in [2.05, 4.69) is 41.1 Å². The highest BCUT2D eigenvalue weighted by Gasteiger charge is 2.32. The smallest absolute Gasteiger partial charge is 0.141 e. The van der Waals surface area contributed by atoms with Crippen LogP contribution in [-0.2, 0) is 13.1 Å².